The molecule has 1 atom stereocenters. The normalized spacial score (nSPS) is 12.4. The Balaban J connectivity index is 2.47. The molecule has 5 heteroatoms. The van der Waals surface area contributed by atoms with E-state index in [9.17, 15) is 0 Å². The number of ether oxygens (including phenoxy) is 1. The smallest absolute Gasteiger partial charge is 0.124 e. The van der Waals surface area contributed by atoms with Gasteiger partial charge in [-0.2, -0.15) is 0 Å². The molecule has 1 heterocycles. The largest absolute Gasteiger partial charge is 0.496 e. The number of rotatable bonds is 5. The van der Waals surface area contributed by atoms with Crippen molar-refractivity contribution in [2.24, 2.45) is 5.73 Å². The molecule has 0 aliphatic rings. The summed E-state index contributed by atoms with van der Waals surface area (Å²) in [5.74, 6) is 0.839. The molecule has 1 aromatic heterocycles. The van der Waals surface area contributed by atoms with Crippen molar-refractivity contribution in [3.05, 3.63) is 39.4 Å². The van der Waals surface area contributed by atoms with Crippen LogP contribution in [0.15, 0.2) is 12.1 Å². The lowest BCUT2D eigenvalue weighted by molar-refractivity contribution is 0.407. The molecule has 1 aromatic carbocycles. The number of hydrogen-bond acceptors (Lipinski definition) is 5. The molecule has 20 heavy (non-hydrogen) atoms. The van der Waals surface area contributed by atoms with Gasteiger partial charge in [-0.05, 0) is 49.0 Å². The fourth-order valence-electron chi connectivity index (χ4n) is 2.50. The lowest BCUT2D eigenvalue weighted by Crippen LogP contribution is -2.15. The van der Waals surface area contributed by atoms with Crippen LogP contribution in [0.4, 0.5) is 0 Å². The quantitative estimate of drug-likeness (QED) is 0.919. The van der Waals surface area contributed by atoms with Gasteiger partial charge in [-0.1, -0.05) is 23.9 Å². The Kier molecular flexibility index (Phi) is 4.73. The molecule has 0 amide bonds. The van der Waals surface area contributed by atoms with E-state index in [2.05, 4.69) is 36.4 Å². The minimum atomic E-state index is -0.230. The Morgan fingerprint density at radius 3 is 2.75 bits per heavy atom. The van der Waals surface area contributed by atoms with Gasteiger partial charge in [-0.3, -0.25) is 0 Å². The number of benzene rings is 1. The highest BCUT2D eigenvalue weighted by atomic mass is 32.1. The Labute approximate surface area is 124 Å². The number of aromatic nitrogens is 2. The summed E-state index contributed by atoms with van der Waals surface area (Å²) in [6, 6.07) is 3.93. The summed E-state index contributed by atoms with van der Waals surface area (Å²) >= 11 is 1.38. The van der Waals surface area contributed by atoms with Gasteiger partial charge in [-0.25, -0.2) is 0 Å². The molecule has 0 bridgehead atoms. The third-order valence-electron chi connectivity index (χ3n) is 3.38. The SMILES string of the molecule is CCCc1nnsc1C(N)c1c(C)cc(C)cc1OC. The summed E-state index contributed by atoms with van der Waals surface area (Å²) in [5.41, 5.74) is 10.8. The maximum Gasteiger partial charge on any atom is 0.124 e. The van der Waals surface area contributed by atoms with Crippen molar-refractivity contribution in [3.8, 4) is 5.75 Å². The molecule has 0 aliphatic carbocycles. The van der Waals surface area contributed by atoms with Crippen molar-refractivity contribution in [1.29, 1.82) is 0 Å². The van der Waals surface area contributed by atoms with Gasteiger partial charge < -0.3 is 10.5 Å². The summed E-state index contributed by atoms with van der Waals surface area (Å²) < 4.78 is 9.57. The molecule has 4 nitrogen and oxygen atoms in total. The van der Waals surface area contributed by atoms with Crippen LogP contribution in [0.2, 0.25) is 0 Å². The van der Waals surface area contributed by atoms with E-state index in [0.29, 0.717) is 0 Å². The van der Waals surface area contributed by atoms with Crippen molar-refractivity contribution in [2.75, 3.05) is 7.11 Å². The molecular weight excluding hydrogens is 270 g/mol. The van der Waals surface area contributed by atoms with Crippen LogP contribution in [0.25, 0.3) is 0 Å². The molecule has 0 spiro atoms. The molecule has 0 saturated carbocycles. The summed E-state index contributed by atoms with van der Waals surface area (Å²) in [6.45, 7) is 6.26. The third kappa shape index (κ3) is 2.83. The first-order chi connectivity index (χ1) is 9.58. The molecule has 1 unspecified atom stereocenters. The second-order valence-electron chi connectivity index (χ2n) is 5.01. The van der Waals surface area contributed by atoms with Crippen molar-refractivity contribution in [2.45, 2.75) is 39.7 Å². The van der Waals surface area contributed by atoms with Crippen molar-refractivity contribution in [3.63, 3.8) is 0 Å². The zero-order valence-corrected chi connectivity index (χ0v) is 13.3. The lowest BCUT2D eigenvalue weighted by atomic mass is 9.96. The van der Waals surface area contributed by atoms with Crippen molar-refractivity contribution in [1.82, 2.24) is 9.59 Å². The molecular formula is C15H21N3OS. The second-order valence-corrected chi connectivity index (χ2v) is 5.80. The minimum absolute atomic E-state index is 0.230. The fraction of sp³-hybridized carbons (Fsp3) is 0.467. The average Bonchev–Trinajstić information content (AvgIpc) is 2.85. The Hall–Kier alpha value is -1.46. The molecule has 2 rings (SSSR count). The Morgan fingerprint density at radius 2 is 2.10 bits per heavy atom. The van der Waals surface area contributed by atoms with Gasteiger partial charge in [0.05, 0.1) is 23.7 Å². The minimum Gasteiger partial charge on any atom is -0.496 e. The Morgan fingerprint density at radius 1 is 1.35 bits per heavy atom. The highest BCUT2D eigenvalue weighted by Crippen LogP contribution is 2.34. The summed E-state index contributed by atoms with van der Waals surface area (Å²) in [4.78, 5) is 1.04. The van der Waals surface area contributed by atoms with Gasteiger partial charge in [0.2, 0.25) is 0 Å². The zero-order valence-electron chi connectivity index (χ0n) is 12.4. The molecule has 0 radical (unpaired) electrons. The van der Waals surface area contributed by atoms with E-state index in [1.165, 1.54) is 17.1 Å². The number of methoxy groups -OCH3 is 1. The predicted molar refractivity (Wildman–Crippen MR) is 82.4 cm³/mol. The maximum absolute atomic E-state index is 6.47. The topological polar surface area (TPSA) is 61.0 Å². The van der Waals surface area contributed by atoms with Gasteiger partial charge >= 0.3 is 0 Å². The maximum atomic E-state index is 6.47. The van der Waals surface area contributed by atoms with Gasteiger partial charge in [-0.15, -0.1) is 5.10 Å². The molecule has 0 fully saturated rings. The number of hydrogen-bond donors (Lipinski definition) is 1. The first-order valence-corrected chi connectivity index (χ1v) is 7.57. The first kappa shape index (κ1) is 14.9. The summed E-state index contributed by atoms with van der Waals surface area (Å²) in [6.07, 6.45) is 1.95. The monoisotopic (exact) mass is 291 g/mol. The third-order valence-corrected chi connectivity index (χ3v) is 4.23. The van der Waals surface area contributed by atoms with Gasteiger partial charge in [0.25, 0.3) is 0 Å². The fourth-order valence-corrected chi connectivity index (χ4v) is 3.21. The van der Waals surface area contributed by atoms with Crippen LogP contribution in [0.1, 0.15) is 46.6 Å². The first-order valence-electron chi connectivity index (χ1n) is 6.80. The zero-order chi connectivity index (χ0) is 14.7. The highest BCUT2D eigenvalue weighted by Gasteiger charge is 2.22. The van der Waals surface area contributed by atoms with Gasteiger partial charge in [0, 0.05) is 5.56 Å². The number of aryl methyl sites for hydroxylation is 3. The van der Waals surface area contributed by atoms with Crippen LogP contribution >= 0.6 is 11.5 Å². The molecule has 0 saturated heterocycles. The van der Waals surface area contributed by atoms with Crippen LogP contribution in [-0.2, 0) is 6.42 Å². The van der Waals surface area contributed by atoms with Crippen LogP contribution in [-0.4, -0.2) is 16.7 Å². The predicted octanol–water partition coefficient (Wildman–Crippen LogP) is 3.16. The molecule has 0 aliphatic heterocycles. The lowest BCUT2D eigenvalue weighted by Gasteiger charge is -2.18. The average molecular weight is 291 g/mol. The number of nitrogens with zero attached hydrogens (tertiary/aromatic N) is 2. The summed E-state index contributed by atoms with van der Waals surface area (Å²) in [5, 5.41) is 4.20. The van der Waals surface area contributed by atoms with Gasteiger partial charge in [0.15, 0.2) is 0 Å². The highest BCUT2D eigenvalue weighted by molar-refractivity contribution is 7.05. The van der Waals surface area contributed by atoms with E-state index in [-0.39, 0.29) is 6.04 Å². The molecule has 108 valence electrons. The summed E-state index contributed by atoms with van der Waals surface area (Å²) in [7, 11) is 1.68. The van der Waals surface area contributed by atoms with Crippen molar-refractivity contribution < 1.29 is 4.74 Å². The standard InChI is InChI=1S/C15H21N3OS/c1-5-6-11-15(20-18-17-11)14(16)13-10(3)7-9(2)8-12(13)19-4/h7-8,14H,5-6,16H2,1-4H3. The van der Waals surface area contributed by atoms with E-state index < -0.39 is 0 Å². The second kappa shape index (κ2) is 6.33. The van der Waals surface area contributed by atoms with E-state index in [1.807, 2.05) is 6.07 Å². The van der Waals surface area contributed by atoms with E-state index in [4.69, 9.17) is 10.5 Å². The van der Waals surface area contributed by atoms with E-state index >= 15 is 0 Å². The van der Waals surface area contributed by atoms with Crippen LogP contribution in [0.5, 0.6) is 5.75 Å². The van der Waals surface area contributed by atoms with E-state index in [0.717, 1.165) is 40.3 Å². The molecule has 2 aromatic rings. The van der Waals surface area contributed by atoms with Gasteiger partial charge in [0.1, 0.15) is 5.75 Å². The van der Waals surface area contributed by atoms with Crippen LogP contribution in [0, 0.1) is 13.8 Å². The number of nitrogens with two attached hydrogens (primary N) is 1. The van der Waals surface area contributed by atoms with Crippen LogP contribution < -0.4 is 10.5 Å². The Bertz CT molecular complexity index is 595. The van der Waals surface area contributed by atoms with E-state index in [1.54, 1.807) is 7.11 Å². The van der Waals surface area contributed by atoms with Crippen molar-refractivity contribution >= 4 is 11.5 Å². The molecule has 2 N–H and O–H groups in total. The van der Waals surface area contributed by atoms with Crippen LogP contribution in [0.3, 0.4) is 0 Å².